The zero-order chi connectivity index (χ0) is 10.9. The van der Waals surface area contributed by atoms with Crippen LogP contribution in [0, 0.1) is 5.92 Å². The summed E-state index contributed by atoms with van der Waals surface area (Å²) in [4.78, 5) is 11.2. The quantitative estimate of drug-likeness (QED) is 0.553. The van der Waals surface area contributed by atoms with Gasteiger partial charge in [0.15, 0.2) is 0 Å². The molecule has 1 rings (SSSR count). The molecule has 86 valence electrons. The Labute approximate surface area is 96.3 Å². The molecule has 0 atom stereocenters. The number of alkyl halides is 1. The minimum Gasteiger partial charge on any atom is -0.338 e. The topological polar surface area (TPSA) is 41.1 Å². The molecule has 15 heavy (non-hydrogen) atoms. The number of halogens is 1. The van der Waals surface area contributed by atoms with Gasteiger partial charge in [-0.15, -0.1) is 11.6 Å². The highest BCUT2D eigenvalue weighted by Crippen LogP contribution is 2.25. The maximum Gasteiger partial charge on any atom is 0.318 e. The molecule has 1 saturated carbocycles. The molecule has 0 aromatic carbocycles. The lowest BCUT2D eigenvalue weighted by atomic mass is 10.1. The third kappa shape index (κ3) is 5.67. The maximum absolute atomic E-state index is 11.2. The van der Waals surface area contributed by atoms with Gasteiger partial charge >= 0.3 is 6.03 Å². The van der Waals surface area contributed by atoms with E-state index in [-0.39, 0.29) is 6.03 Å². The number of hydrogen-bond donors (Lipinski definition) is 2. The number of nitrogens with one attached hydrogen (secondary N) is 2. The lowest BCUT2D eigenvalue weighted by molar-refractivity contribution is 0.244. The molecular formula is C11H19ClN2O. The molecule has 0 saturated heterocycles. The lowest BCUT2D eigenvalue weighted by Gasteiger charge is -2.04. The van der Waals surface area contributed by atoms with Gasteiger partial charge in [0.05, 0.1) is 0 Å². The summed E-state index contributed by atoms with van der Waals surface area (Å²) < 4.78 is 0. The molecule has 0 unspecified atom stereocenters. The van der Waals surface area contributed by atoms with Crippen LogP contribution in [0.5, 0.6) is 0 Å². The Bertz CT molecular complexity index is 213. The normalized spacial score (nSPS) is 17.1. The van der Waals surface area contributed by atoms with Gasteiger partial charge in [0.1, 0.15) is 0 Å². The van der Waals surface area contributed by atoms with Gasteiger partial charge in [-0.05, 0) is 25.2 Å². The SMILES string of the molecule is O=C(N/C=C/C1CCCC1)NCCCCl. The van der Waals surface area contributed by atoms with Crippen LogP contribution >= 0.6 is 11.6 Å². The maximum atomic E-state index is 11.2. The van der Waals surface area contributed by atoms with Gasteiger partial charge in [0.2, 0.25) is 0 Å². The summed E-state index contributed by atoms with van der Waals surface area (Å²) in [5, 5.41) is 5.42. The van der Waals surface area contributed by atoms with Crippen molar-refractivity contribution in [3.63, 3.8) is 0 Å². The molecule has 0 heterocycles. The van der Waals surface area contributed by atoms with Crippen LogP contribution in [0.4, 0.5) is 4.79 Å². The van der Waals surface area contributed by atoms with E-state index in [0.29, 0.717) is 18.3 Å². The van der Waals surface area contributed by atoms with Crippen LogP contribution in [0.2, 0.25) is 0 Å². The number of amides is 2. The summed E-state index contributed by atoms with van der Waals surface area (Å²) >= 11 is 5.49. The summed E-state index contributed by atoms with van der Waals surface area (Å²) in [5.74, 6) is 1.24. The smallest absolute Gasteiger partial charge is 0.318 e. The average Bonchev–Trinajstić information content (AvgIpc) is 2.71. The Kier molecular flexibility index (Phi) is 6.25. The minimum atomic E-state index is -0.144. The van der Waals surface area contributed by atoms with E-state index in [0.717, 1.165) is 6.42 Å². The van der Waals surface area contributed by atoms with E-state index in [1.54, 1.807) is 6.20 Å². The van der Waals surface area contributed by atoms with E-state index in [1.807, 2.05) is 0 Å². The number of rotatable bonds is 5. The molecule has 0 aromatic rings. The number of allylic oxidation sites excluding steroid dienone is 1. The summed E-state index contributed by atoms with van der Waals surface area (Å²) in [5.41, 5.74) is 0. The largest absolute Gasteiger partial charge is 0.338 e. The van der Waals surface area contributed by atoms with E-state index in [4.69, 9.17) is 11.6 Å². The Morgan fingerprint density at radius 1 is 1.40 bits per heavy atom. The molecular weight excluding hydrogens is 212 g/mol. The second-order valence-corrected chi connectivity index (χ2v) is 4.22. The van der Waals surface area contributed by atoms with Crippen LogP contribution in [0.3, 0.4) is 0 Å². The van der Waals surface area contributed by atoms with Crippen molar-refractivity contribution in [2.45, 2.75) is 32.1 Å². The predicted molar refractivity (Wildman–Crippen MR) is 63.0 cm³/mol. The van der Waals surface area contributed by atoms with Crippen LogP contribution in [-0.4, -0.2) is 18.5 Å². The van der Waals surface area contributed by atoms with Gasteiger partial charge in [-0.1, -0.05) is 18.9 Å². The molecule has 4 heteroatoms. The highest BCUT2D eigenvalue weighted by Gasteiger charge is 2.10. The molecule has 0 radical (unpaired) electrons. The minimum absolute atomic E-state index is 0.144. The predicted octanol–water partition coefficient (Wildman–Crippen LogP) is 2.62. The van der Waals surface area contributed by atoms with Crippen LogP contribution in [0.15, 0.2) is 12.3 Å². The molecule has 0 aromatic heterocycles. The van der Waals surface area contributed by atoms with Crippen LogP contribution in [-0.2, 0) is 0 Å². The third-order valence-corrected chi connectivity index (χ3v) is 2.85. The molecule has 1 aliphatic rings. The van der Waals surface area contributed by atoms with E-state index >= 15 is 0 Å². The van der Waals surface area contributed by atoms with Crippen molar-refractivity contribution in [1.29, 1.82) is 0 Å². The van der Waals surface area contributed by atoms with Gasteiger partial charge in [-0.2, -0.15) is 0 Å². The standard InChI is InChI=1S/C11H19ClN2O/c12-7-3-8-13-11(15)14-9-6-10-4-1-2-5-10/h6,9-10H,1-5,7-8H2,(H2,13,14,15)/b9-6+. The lowest BCUT2D eigenvalue weighted by Crippen LogP contribution is -2.33. The third-order valence-electron chi connectivity index (χ3n) is 2.58. The number of hydrogen-bond acceptors (Lipinski definition) is 1. The molecule has 0 bridgehead atoms. The first-order chi connectivity index (χ1) is 7.33. The van der Waals surface area contributed by atoms with E-state index < -0.39 is 0 Å². The first-order valence-electron chi connectivity index (χ1n) is 5.60. The molecule has 3 nitrogen and oxygen atoms in total. The number of carbonyl (C=O) groups excluding carboxylic acids is 1. The van der Waals surface area contributed by atoms with Crippen molar-refractivity contribution in [3.8, 4) is 0 Å². The van der Waals surface area contributed by atoms with Gasteiger partial charge in [-0.25, -0.2) is 4.79 Å². The fourth-order valence-electron chi connectivity index (χ4n) is 1.73. The fraction of sp³-hybridized carbons (Fsp3) is 0.727. The van der Waals surface area contributed by atoms with Crippen molar-refractivity contribution in [2.75, 3.05) is 12.4 Å². The molecule has 2 N–H and O–H groups in total. The number of urea groups is 1. The van der Waals surface area contributed by atoms with Gasteiger partial charge < -0.3 is 10.6 Å². The molecule has 1 aliphatic carbocycles. The van der Waals surface area contributed by atoms with Crippen LogP contribution in [0.1, 0.15) is 32.1 Å². The van der Waals surface area contributed by atoms with E-state index in [2.05, 4.69) is 16.7 Å². The van der Waals surface area contributed by atoms with Gasteiger partial charge in [-0.3, -0.25) is 0 Å². The first kappa shape index (κ1) is 12.4. The Morgan fingerprint density at radius 3 is 2.80 bits per heavy atom. The van der Waals surface area contributed by atoms with E-state index in [9.17, 15) is 4.79 Å². The zero-order valence-corrected chi connectivity index (χ0v) is 9.72. The molecule has 2 amide bonds. The highest BCUT2D eigenvalue weighted by molar-refractivity contribution is 6.17. The second kappa shape index (κ2) is 7.57. The Hall–Kier alpha value is -0.700. The number of carbonyl (C=O) groups is 1. The van der Waals surface area contributed by atoms with E-state index in [1.165, 1.54) is 25.7 Å². The van der Waals surface area contributed by atoms with Gasteiger partial charge in [0.25, 0.3) is 0 Å². The molecule has 0 aliphatic heterocycles. The molecule has 1 fully saturated rings. The van der Waals surface area contributed by atoms with Crippen LogP contribution in [0.25, 0.3) is 0 Å². The van der Waals surface area contributed by atoms with Crippen molar-refractivity contribution in [2.24, 2.45) is 5.92 Å². The van der Waals surface area contributed by atoms with Crippen molar-refractivity contribution in [1.82, 2.24) is 10.6 Å². The summed E-state index contributed by atoms with van der Waals surface area (Å²) in [6.07, 6.45) is 9.80. The summed E-state index contributed by atoms with van der Waals surface area (Å²) in [6, 6.07) is -0.144. The highest BCUT2D eigenvalue weighted by atomic mass is 35.5. The van der Waals surface area contributed by atoms with Crippen molar-refractivity contribution in [3.05, 3.63) is 12.3 Å². The molecule has 0 spiro atoms. The zero-order valence-electron chi connectivity index (χ0n) is 8.97. The monoisotopic (exact) mass is 230 g/mol. The van der Waals surface area contributed by atoms with Gasteiger partial charge in [0, 0.05) is 18.6 Å². The fourth-order valence-corrected chi connectivity index (χ4v) is 1.86. The van der Waals surface area contributed by atoms with Crippen LogP contribution < -0.4 is 10.6 Å². The van der Waals surface area contributed by atoms with Crippen molar-refractivity contribution >= 4 is 17.6 Å². The first-order valence-corrected chi connectivity index (χ1v) is 6.13. The summed E-state index contributed by atoms with van der Waals surface area (Å²) in [6.45, 7) is 0.632. The van der Waals surface area contributed by atoms with Crippen molar-refractivity contribution < 1.29 is 4.79 Å². The second-order valence-electron chi connectivity index (χ2n) is 3.85. The Morgan fingerprint density at radius 2 is 2.13 bits per heavy atom. The summed E-state index contributed by atoms with van der Waals surface area (Å²) in [7, 11) is 0. The average molecular weight is 231 g/mol. The Balaban J connectivity index is 2.04.